The summed E-state index contributed by atoms with van der Waals surface area (Å²) in [5.41, 5.74) is 7.95. The lowest BCUT2D eigenvalue weighted by atomic mass is 9.94. The smallest absolute Gasteiger partial charge is 0.226 e. The van der Waals surface area contributed by atoms with Gasteiger partial charge in [-0.15, -0.1) is 11.3 Å². The van der Waals surface area contributed by atoms with Crippen molar-refractivity contribution < 1.29 is 18.3 Å². The summed E-state index contributed by atoms with van der Waals surface area (Å²) in [6.07, 6.45) is 6.30. The van der Waals surface area contributed by atoms with Gasteiger partial charge in [-0.25, -0.2) is 18.7 Å². The summed E-state index contributed by atoms with van der Waals surface area (Å²) >= 11 is 0.953. The molecule has 2 atom stereocenters. The average molecular weight is 564 g/mol. The molecular weight excluding hydrogens is 536 g/mol. The van der Waals surface area contributed by atoms with Crippen molar-refractivity contribution in [3.63, 3.8) is 0 Å². The molecule has 0 aliphatic carbocycles. The van der Waals surface area contributed by atoms with Crippen molar-refractivity contribution in [2.45, 2.75) is 44.6 Å². The number of likely N-dealkylation sites (tertiary alicyclic amines) is 1. The molecule has 2 saturated heterocycles. The number of hydrogen-bond donors (Lipinski definition) is 1. The third kappa shape index (κ3) is 3.83. The van der Waals surface area contributed by atoms with Crippen LogP contribution >= 0.6 is 11.3 Å². The van der Waals surface area contributed by atoms with Crippen molar-refractivity contribution >= 4 is 43.3 Å². The normalized spacial score (nSPS) is 21.4. The first-order valence-corrected chi connectivity index (χ1v) is 14.2. The molecule has 0 bridgehead atoms. The lowest BCUT2D eigenvalue weighted by molar-refractivity contribution is 0.0361. The number of nitrogens with two attached hydrogens (primary N) is 1. The molecule has 7 rings (SSSR count). The molecular formula is C28H27F2N7O2S. The van der Waals surface area contributed by atoms with Gasteiger partial charge in [0.1, 0.15) is 16.6 Å². The molecule has 0 radical (unpaired) electrons. The van der Waals surface area contributed by atoms with Crippen molar-refractivity contribution in [1.29, 1.82) is 5.26 Å². The van der Waals surface area contributed by atoms with Gasteiger partial charge in [0.05, 0.1) is 47.5 Å². The highest BCUT2D eigenvalue weighted by atomic mass is 32.1. The fourth-order valence-electron chi connectivity index (χ4n) is 6.44. The number of nitrogen functional groups attached to an aromatic ring is 1. The number of pyridine rings is 1. The molecule has 4 aromatic rings. The second-order valence-corrected chi connectivity index (χ2v) is 11.6. The number of benzene rings is 1. The molecule has 40 heavy (non-hydrogen) atoms. The lowest BCUT2D eigenvalue weighted by Gasteiger charge is -2.34. The molecule has 3 aromatic heterocycles. The number of rotatable bonds is 4. The van der Waals surface area contributed by atoms with Crippen molar-refractivity contribution in [2.24, 2.45) is 0 Å². The molecule has 2 N–H and O–H groups in total. The maximum Gasteiger partial charge on any atom is 0.226 e. The van der Waals surface area contributed by atoms with Crippen molar-refractivity contribution in [3.05, 3.63) is 40.7 Å². The second kappa shape index (κ2) is 9.85. The Labute approximate surface area is 233 Å². The van der Waals surface area contributed by atoms with Crippen molar-refractivity contribution in [2.75, 3.05) is 43.9 Å². The highest BCUT2D eigenvalue weighted by Gasteiger charge is 2.39. The Morgan fingerprint density at radius 2 is 1.93 bits per heavy atom. The fourth-order valence-corrected chi connectivity index (χ4v) is 7.36. The quantitative estimate of drug-likeness (QED) is 0.387. The second-order valence-electron chi connectivity index (χ2n) is 10.5. The predicted octanol–water partition coefficient (Wildman–Crippen LogP) is 4.36. The number of halogens is 2. The molecule has 12 heteroatoms. The van der Waals surface area contributed by atoms with Gasteiger partial charge in [-0.05, 0) is 37.1 Å². The highest BCUT2D eigenvalue weighted by Crippen LogP contribution is 2.45. The summed E-state index contributed by atoms with van der Waals surface area (Å²) in [5, 5.41) is 10.7. The number of aromatic nitrogens is 3. The van der Waals surface area contributed by atoms with E-state index in [4.69, 9.17) is 20.2 Å². The van der Waals surface area contributed by atoms with Gasteiger partial charge >= 0.3 is 0 Å². The zero-order valence-corrected chi connectivity index (χ0v) is 22.7. The van der Waals surface area contributed by atoms with E-state index in [1.807, 2.05) is 6.07 Å². The minimum atomic E-state index is -0.611. The van der Waals surface area contributed by atoms with Gasteiger partial charge in [0.15, 0.2) is 11.6 Å². The van der Waals surface area contributed by atoms with E-state index in [2.05, 4.69) is 19.8 Å². The lowest BCUT2D eigenvalue weighted by Crippen LogP contribution is -2.46. The average Bonchev–Trinajstić information content (AvgIpc) is 3.71. The number of hydrogen-bond acceptors (Lipinski definition) is 10. The van der Waals surface area contributed by atoms with Crippen LogP contribution < -0.4 is 10.6 Å². The van der Waals surface area contributed by atoms with E-state index < -0.39 is 11.6 Å². The maximum atomic E-state index is 16.6. The van der Waals surface area contributed by atoms with Crippen LogP contribution in [0.3, 0.4) is 0 Å². The van der Waals surface area contributed by atoms with Crippen LogP contribution in [0.15, 0.2) is 12.4 Å². The molecule has 6 heterocycles. The van der Waals surface area contributed by atoms with Gasteiger partial charge in [0.25, 0.3) is 0 Å². The third-order valence-corrected chi connectivity index (χ3v) is 9.44. The predicted molar refractivity (Wildman–Crippen MR) is 148 cm³/mol. The van der Waals surface area contributed by atoms with Gasteiger partial charge in [0.2, 0.25) is 5.95 Å². The Morgan fingerprint density at radius 3 is 2.70 bits per heavy atom. The number of piperidine rings is 1. The summed E-state index contributed by atoms with van der Waals surface area (Å²) in [7, 11) is 1.73. The molecule has 0 amide bonds. The standard InChI is InChI=1S/C28H27F2N7O2S/c1-38-20-11-37(10-19(20)36-5-3-2-4-6-36)28-34-8-15-16-12-39-13-17(16)21(23(30)24(15)35-28)25-22-14(7-31)27(32)40-26(22)18(29)9-33-25/h8-9,19-20H,2-6,10-13,32H2,1H3. The van der Waals surface area contributed by atoms with E-state index in [1.165, 1.54) is 19.3 Å². The van der Waals surface area contributed by atoms with Gasteiger partial charge in [-0.3, -0.25) is 9.88 Å². The number of thiophene rings is 1. The Balaban J connectivity index is 1.37. The Morgan fingerprint density at radius 1 is 1.12 bits per heavy atom. The molecule has 3 aliphatic rings. The van der Waals surface area contributed by atoms with E-state index in [0.29, 0.717) is 30.0 Å². The molecule has 1 aromatic carbocycles. The van der Waals surface area contributed by atoms with Gasteiger partial charge < -0.3 is 20.1 Å². The third-order valence-electron chi connectivity index (χ3n) is 8.41. The number of fused-ring (bicyclic) bond motifs is 4. The first-order valence-electron chi connectivity index (χ1n) is 13.4. The minimum absolute atomic E-state index is 0.00335. The fraction of sp³-hybridized carbons (Fsp3) is 0.429. The molecule has 206 valence electrons. The van der Waals surface area contributed by atoms with Gasteiger partial charge in [0, 0.05) is 42.7 Å². The Kier molecular flexibility index (Phi) is 6.27. The SMILES string of the molecule is COC1CN(c2ncc3c4c(c(-c5ncc(F)c6sc(N)c(C#N)c56)c(F)c3n2)COC4)CC1N1CCCCC1. The van der Waals surface area contributed by atoms with Crippen LogP contribution in [0.2, 0.25) is 0 Å². The Bertz CT molecular complexity index is 1700. The molecule has 0 spiro atoms. The maximum absolute atomic E-state index is 16.6. The molecule has 2 fully saturated rings. The number of nitrogens with zero attached hydrogens (tertiary/aromatic N) is 6. The van der Waals surface area contributed by atoms with Crippen molar-refractivity contribution in [1.82, 2.24) is 19.9 Å². The Hall–Kier alpha value is -3.50. The molecule has 0 saturated carbocycles. The van der Waals surface area contributed by atoms with Gasteiger partial charge in [-0.1, -0.05) is 6.42 Å². The first kappa shape index (κ1) is 25.5. The van der Waals surface area contributed by atoms with E-state index in [9.17, 15) is 9.65 Å². The minimum Gasteiger partial charge on any atom is -0.389 e. The van der Waals surface area contributed by atoms with Gasteiger partial charge in [-0.2, -0.15) is 5.26 Å². The van der Waals surface area contributed by atoms with Crippen LogP contribution in [0.1, 0.15) is 36.0 Å². The van der Waals surface area contributed by atoms with E-state index in [1.54, 1.807) is 13.3 Å². The molecule has 2 unspecified atom stereocenters. The van der Waals surface area contributed by atoms with Crippen LogP contribution in [-0.4, -0.2) is 65.3 Å². The molecule has 3 aliphatic heterocycles. The summed E-state index contributed by atoms with van der Waals surface area (Å²) in [5.74, 6) is -0.792. The zero-order chi connectivity index (χ0) is 27.5. The highest BCUT2D eigenvalue weighted by molar-refractivity contribution is 7.23. The number of nitriles is 1. The summed E-state index contributed by atoms with van der Waals surface area (Å²) in [6, 6.07) is 2.26. The van der Waals surface area contributed by atoms with Crippen LogP contribution in [0.5, 0.6) is 0 Å². The zero-order valence-electron chi connectivity index (χ0n) is 21.9. The largest absolute Gasteiger partial charge is 0.389 e. The first-order chi connectivity index (χ1) is 19.5. The van der Waals surface area contributed by atoms with Crippen molar-refractivity contribution in [3.8, 4) is 17.3 Å². The summed E-state index contributed by atoms with van der Waals surface area (Å²) in [6.45, 7) is 3.78. The number of methoxy groups -OCH3 is 1. The van der Waals surface area contributed by atoms with E-state index >= 15 is 4.39 Å². The van der Waals surface area contributed by atoms with Crippen LogP contribution in [0.25, 0.3) is 32.2 Å². The molecule has 9 nitrogen and oxygen atoms in total. The van der Waals surface area contributed by atoms with Crippen LogP contribution in [-0.2, 0) is 22.7 Å². The summed E-state index contributed by atoms with van der Waals surface area (Å²) < 4.78 is 43.1. The monoisotopic (exact) mass is 563 g/mol. The van der Waals surface area contributed by atoms with Crippen LogP contribution in [0, 0.1) is 23.0 Å². The summed E-state index contributed by atoms with van der Waals surface area (Å²) in [4.78, 5) is 18.2. The topological polar surface area (TPSA) is 113 Å². The number of ether oxygens (including phenoxy) is 2. The number of anilines is 2. The van der Waals surface area contributed by atoms with Crippen LogP contribution in [0.4, 0.5) is 19.7 Å². The van der Waals surface area contributed by atoms with E-state index in [-0.39, 0.29) is 62.8 Å². The van der Waals surface area contributed by atoms with E-state index in [0.717, 1.165) is 36.2 Å².